The van der Waals surface area contributed by atoms with E-state index in [0.29, 0.717) is 25.0 Å². The van der Waals surface area contributed by atoms with Crippen LogP contribution >= 0.6 is 0 Å². The first-order chi connectivity index (χ1) is 7.55. The highest BCUT2D eigenvalue weighted by Crippen LogP contribution is 2.32. The van der Waals surface area contributed by atoms with E-state index in [1.54, 1.807) is 13.1 Å². The van der Waals surface area contributed by atoms with E-state index in [4.69, 9.17) is 4.84 Å². The van der Waals surface area contributed by atoms with Crippen molar-refractivity contribution in [1.82, 2.24) is 5.48 Å². The van der Waals surface area contributed by atoms with Gasteiger partial charge in [0.15, 0.2) is 0 Å². The van der Waals surface area contributed by atoms with Crippen LogP contribution in [-0.2, 0) is 17.4 Å². The summed E-state index contributed by atoms with van der Waals surface area (Å²) in [4.78, 5) is 4.85. The molecular weight excluding hydrogens is 219 g/mol. The fourth-order valence-electron chi connectivity index (χ4n) is 1.45. The first-order valence-corrected chi connectivity index (χ1v) is 4.99. The second kappa shape index (κ2) is 5.86. The molecule has 0 aliphatic rings. The number of hydroxylamine groups is 1. The Hall–Kier alpha value is -1.07. The van der Waals surface area contributed by atoms with Gasteiger partial charge in [-0.3, -0.25) is 0 Å². The van der Waals surface area contributed by atoms with Crippen LogP contribution in [0, 0.1) is 0 Å². The molecule has 1 rings (SSSR count). The highest BCUT2D eigenvalue weighted by atomic mass is 19.4. The van der Waals surface area contributed by atoms with Crippen molar-refractivity contribution in [1.29, 1.82) is 0 Å². The van der Waals surface area contributed by atoms with E-state index < -0.39 is 11.7 Å². The summed E-state index contributed by atoms with van der Waals surface area (Å²) in [5.74, 6) is 0. The van der Waals surface area contributed by atoms with Gasteiger partial charge in [0.05, 0.1) is 12.2 Å². The third-order valence-corrected chi connectivity index (χ3v) is 2.16. The summed E-state index contributed by atoms with van der Waals surface area (Å²) in [5, 5.41) is 0. The van der Waals surface area contributed by atoms with E-state index >= 15 is 0 Å². The Morgan fingerprint density at radius 2 is 1.94 bits per heavy atom. The average molecular weight is 233 g/mol. The molecular formula is C11H14F3NO. The van der Waals surface area contributed by atoms with Crippen LogP contribution in [0.1, 0.15) is 17.5 Å². The van der Waals surface area contributed by atoms with Crippen LogP contribution in [0.4, 0.5) is 13.2 Å². The molecule has 1 aromatic carbocycles. The zero-order valence-corrected chi connectivity index (χ0v) is 8.97. The number of aryl methyl sites for hydroxylation is 1. The van der Waals surface area contributed by atoms with Crippen molar-refractivity contribution in [2.24, 2.45) is 0 Å². The highest BCUT2D eigenvalue weighted by Gasteiger charge is 2.32. The normalized spacial score (nSPS) is 11.8. The Bertz CT molecular complexity index is 325. The van der Waals surface area contributed by atoms with Crippen molar-refractivity contribution in [2.45, 2.75) is 19.0 Å². The molecule has 0 aliphatic carbocycles. The van der Waals surface area contributed by atoms with Gasteiger partial charge in [-0.05, 0) is 24.5 Å². The maximum absolute atomic E-state index is 12.6. The Morgan fingerprint density at radius 3 is 2.56 bits per heavy atom. The Morgan fingerprint density at radius 1 is 1.25 bits per heavy atom. The third-order valence-electron chi connectivity index (χ3n) is 2.16. The van der Waals surface area contributed by atoms with Crippen LogP contribution in [0.5, 0.6) is 0 Å². The number of alkyl halides is 3. The lowest BCUT2D eigenvalue weighted by molar-refractivity contribution is -0.138. The minimum atomic E-state index is -4.28. The molecule has 0 atom stereocenters. The van der Waals surface area contributed by atoms with E-state index in [-0.39, 0.29) is 0 Å². The second-order valence-electron chi connectivity index (χ2n) is 3.31. The van der Waals surface area contributed by atoms with Crippen LogP contribution in [0.15, 0.2) is 24.3 Å². The number of hydrogen-bond acceptors (Lipinski definition) is 2. The van der Waals surface area contributed by atoms with Crippen LogP contribution < -0.4 is 5.48 Å². The summed E-state index contributed by atoms with van der Waals surface area (Å²) >= 11 is 0. The van der Waals surface area contributed by atoms with Gasteiger partial charge in [0.25, 0.3) is 0 Å². The van der Waals surface area contributed by atoms with Crippen molar-refractivity contribution in [3.63, 3.8) is 0 Å². The van der Waals surface area contributed by atoms with Gasteiger partial charge < -0.3 is 4.84 Å². The predicted molar refractivity (Wildman–Crippen MR) is 54.8 cm³/mol. The summed E-state index contributed by atoms with van der Waals surface area (Å²) in [7, 11) is 1.61. The van der Waals surface area contributed by atoms with Gasteiger partial charge in [-0.15, -0.1) is 0 Å². The maximum Gasteiger partial charge on any atom is 0.416 e. The van der Waals surface area contributed by atoms with E-state index in [1.807, 2.05) is 0 Å². The minimum Gasteiger partial charge on any atom is -0.302 e. The standard InChI is InChI=1S/C11H14F3NO/c1-15-16-8-4-6-9-5-2-3-7-10(9)11(12,13)14/h2-3,5,7,15H,4,6,8H2,1H3. The summed E-state index contributed by atoms with van der Waals surface area (Å²) in [6.07, 6.45) is -3.37. The molecule has 0 spiro atoms. The second-order valence-corrected chi connectivity index (χ2v) is 3.31. The number of halogens is 3. The van der Waals surface area contributed by atoms with Crippen LogP contribution in [0.2, 0.25) is 0 Å². The molecule has 1 N–H and O–H groups in total. The lowest BCUT2D eigenvalue weighted by Gasteiger charge is -2.12. The SMILES string of the molecule is CNOCCCc1ccccc1C(F)(F)F. The smallest absolute Gasteiger partial charge is 0.302 e. The van der Waals surface area contributed by atoms with Gasteiger partial charge in [-0.2, -0.15) is 13.2 Å². The zero-order chi connectivity index (χ0) is 12.0. The number of rotatable bonds is 5. The van der Waals surface area contributed by atoms with Gasteiger partial charge in [-0.25, -0.2) is 5.48 Å². The Balaban J connectivity index is 2.65. The Labute approximate surface area is 92.4 Å². The molecule has 90 valence electrons. The molecule has 5 heteroatoms. The zero-order valence-electron chi connectivity index (χ0n) is 8.97. The number of hydrogen-bond donors (Lipinski definition) is 1. The highest BCUT2D eigenvalue weighted by molar-refractivity contribution is 5.29. The predicted octanol–water partition coefficient (Wildman–Crippen LogP) is 2.79. The number of nitrogens with one attached hydrogen (secondary N) is 1. The largest absolute Gasteiger partial charge is 0.416 e. The van der Waals surface area contributed by atoms with Crippen molar-refractivity contribution in [3.8, 4) is 0 Å². The molecule has 0 unspecified atom stereocenters. The molecule has 0 aromatic heterocycles. The molecule has 0 saturated carbocycles. The van der Waals surface area contributed by atoms with Crippen molar-refractivity contribution in [2.75, 3.05) is 13.7 Å². The van der Waals surface area contributed by atoms with Crippen LogP contribution in [-0.4, -0.2) is 13.7 Å². The average Bonchev–Trinajstić information content (AvgIpc) is 2.24. The summed E-state index contributed by atoms with van der Waals surface area (Å²) in [5.41, 5.74) is 2.24. The summed E-state index contributed by atoms with van der Waals surface area (Å²) in [6, 6.07) is 5.62. The first kappa shape index (κ1) is 13.0. The van der Waals surface area contributed by atoms with Crippen molar-refractivity contribution >= 4 is 0 Å². The molecule has 0 heterocycles. The Kier molecular flexibility index (Phi) is 4.76. The fraction of sp³-hybridized carbons (Fsp3) is 0.455. The quantitative estimate of drug-likeness (QED) is 0.623. The molecule has 0 bridgehead atoms. The summed E-state index contributed by atoms with van der Waals surface area (Å²) < 4.78 is 37.7. The van der Waals surface area contributed by atoms with E-state index in [1.165, 1.54) is 12.1 Å². The maximum atomic E-state index is 12.6. The van der Waals surface area contributed by atoms with Gasteiger partial charge in [0.2, 0.25) is 0 Å². The molecule has 0 radical (unpaired) electrons. The van der Waals surface area contributed by atoms with Gasteiger partial charge in [0.1, 0.15) is 0 Å². The topological polar surface area (TPSA) is 21.3 Å². The molecule has 2 nitrogen and oxygen atoms in total. The molecule has 0 amide bonds. The molecule has 1 aromatic rings. The lowest BCUT2D eigenvalue weighted by atomic mass is 10.0. The molecule has 16 heavy (non-hydrogen) atoms. The molecule has 0 aliphatic heterocycles. The van der Waals surface area contributed by atoms with E-state index in [0.717, 1.165) is 6.07 Å². The van der Waals surface area contributed by atoms with Gasteiger partial charge >= 0.3 is 6.18 Å². The van der Waals surface area contributed by atoms with E-state index in [2.05, 4.69) is 5.48 Å². The van der Waals surface area contributed by atoms with Crippen molar-refractivity contribution < 1.29 is 18.0 Å². The minimum absolute atomic E-state index is 0.315. The number of benzene rings is 1. The monoisotopic (exact) mass is 233 g/mol. The first-order valence-electron chi connectivity index (χ1n) is 4.99. The van der Waals surface area contributed by atoms with Crippen LogP contribution in [0.3, 0.4) is 0 Å². The summed E-state index contributed by atoms with van der Waals surface area (Å²) in [6.45, 7) is 0.392. The third kappa shape index (κ3) is 3.83. The molecule has 0 saturated heterocycles. The molecule has 0 fully saturated rings. The van der Waals surface area contributed by atoms with Gasteiger partial charge in [-0.1, -0.05) is 18.2 Å². The van der Waals surface area contributed by atoms with E-state index in [9.17, 15) is 13.2 Å². The van der Waals surface area contributed by atoms with Crippen molar-refractivity contribution in [3.05, 3.63) is 35.4 Å². The fourth-order valence-corrected chi connectivity index (χ4v) is 1.45. The van der Waals surface area contributed by atoms with Gasteiger partial charge in [0, 0.05) is 7.05 Å². The lowest BCUT2D eigenvalue weighted by Crippen LogP contribution is -2.11. The van der Waals surface area contributed by atoms with Crippen LogP contribution in [0.25, 0.3) is 0 Å².